The van der Waals surface area contributed by atoms with E-state index in [2.05, 4.69) is 5.32 Å². The van der Waals surface area contributed by atoms with Crippen LogP contribution in [0.4, 0.5) is 13.2 Å². The summed E-state index contributed by atoms with van der Waals surface area (Å²) in [5.41, 5.74) is -0.678. The van der Waals surface area contributed by atoms with Gasteiger partial charge in [0.15, 0.2) is 0 Å². The molecule has 0 radical (unpaired) electrons. The van der Waals surface area contributed by atoms with Crippen LogP contribution in [0.2, 0.25) is 5.02 Å². The van der Waals surface area contributed by atoms with Crippen molar-refractivity contribution >= 4 is 29.5 Å². The lowest BCUT2D eigenvalue weighted by Gasteiger charge is -2.33. The Kier molecular flexibility index (Phi) is 6.30. The van der Waals surface area contributed by atoms with Crippen LogP contribution in [0.25, 0.3) is 6.08 Å². The first kappa shape index (κ1) is 20.7. The van der Waals surface area contributed by atoms with Gasteiger partial charge in [-0.1, -0.05) is 17.7 Å². The Labute approximate surface area is 166 Å². The number of alkyl halides is 3. The van der Waals surface area contributed by atoms with Crippen LogP contribution in [0.15, 0.2) is 24.3 Å². The third kappa shape index (κ3) is 5.72. The van der Waals surface area contributed by atoms with E-state index in [1.54, 1.807) is 4.90 Å². The van der Waals surface area contributed by atoms with Gasteiger partial charge in [-0.25, -0.2) is 0 Å². The fourth-order valence-electron chi connectivity index (χ4n) is 2.97. The number of hydrogen-bond acceptors (Lipinski definition) is 3. The predicted octanol–water partition coefficient (Wildman–Crippen LogP) is 2.79. The Balaban J connectivity index is 1.51. The standard InChI is InChI=1S/C19H21ClF3N3O2/c20-16-5-1-13(11-15(16)19(21,22)23)2-6-18(28)26-9-7-25(8-10-26)12-17(27)24-14-3-4-14/h1-2,5-6,11,14H,3-4,7-10,12H2,(H,24,27)/b6-2+. The average Bonchev–Trinajstić information content (AvgIpc) is 3.44. The molecule has 28 heavy (non-hydrogen) atoms. The summed E-state index contributed by atoms with van der Waals surface area (Å²) in [6, 6.07) is 3.84. The second-order valence-corrected chi connectivity index (χ2v) is 7.42. The lowest BCUT2D eigenvalue weighted by molar-refractivity contribution is -0.137. The van der Waals surface area contributed by atoms with E-state index < -0.39 is 11.7 Å². The smallest absolute Gasteiger partial charge is 0.352 e. The van der Waals surface area contributed by atoms with Crippen molar-refractivity contribution in [2.24, 2.45) is 0 Å². The van der Waals surface area contributed by atoms with E-state index in [1.165, 1.54) is 24.3 Å². The fourth-order valence-corrected chi connectivity index (χ4v) is 3.19. The Morgan fingerprint density at radius 1 is 1.18 bits per heavy atom. The average molecular weight is 416 g/mol. The summed E-state index contributed by atoms with van der Waals surface area (Å²) < 4.78 is 38.7. The quantitative estimate of drug-likeness (QED) is 0.752. The number of nitrogens with one attached hydrogen (secondary N) is 1. The van der Waals surface area contributed by atoms with Gasteiger partial charge in [-0.15, -0.1) is 0 Å². The highest BCUT2D eigenvalue weighted by molar-refractivity contribution is 6.31. The Hall–Kier alpha value is -2.06. The number of carbonyl (C=O) groups is 2. The molecule has 2 amide bonds. The molecule has 1 aromatic rings. The molecule has 1 N–H and O–H groups in total. The number of rotatable bonds is 5. The first-order valence-corrected chi connectivity index (χ1v) is 9.45. The second-order valence-electron chi connectivity index (χ2n) is 7.01. The lowest BCUT2D eigenvalue weighted by Crippen LogP contribution is -2.51. The molecule has 5 nitrogen and oxygen atoms in total. The van der Waals surface area contributed by atoms with Crippen LogP contribution in [-0.4, -0.2) is 60.4 Å². The van der Waals surface area contributed by atoms with Gasteiger partial charge in [-0.05, 0) is 36.6 Å². The van der Waals surface area contributed by atoms with Gasteiger partial charge in [0, 0.05) is 38.3 Å². The molecule has 1 aromatic carbocycles. The number of nitrogens with zero attached hydrogens (tertiary/aromatic N) is 2. The van der Waals surface area contributed by atoms with Gasteiger partial charge >= 0.3 is 6.18 Å². The van der Waals surface area contributed by atoms with Gasteiger partial charge in [0.1, 0.15) is 0 Å². The SMILES string of the molecule is O=C(CN1CCN(C(=O)/C=C/c2ccc(Cl)c(C(F)(F)F)c2)CC1)NC1CC1. The minimum atomic E-state index is -4.55. The van der Waals surface area contributed by atoms with Gasteiger partial charge in [0.25, 0.3) is 0 Å². The number of halogens is 4. The van der Waals surface area contributed by atoms with Crippen LogP contribution in [0.5, 0.6) is 0 Å². The van der Waals surface area contributed by atoms with Crippen molar-refractivity contribution in [3.63, 3.8) is 0 Å². The topological polar surface area (TPSA) is 52.7 Å². The van der Waals surface area contributed by atoms with Gasteiger partial charge in [0.2, 0.25) is 11.8 Å². The molecule has 0 spiro atoms. The van der Waals surface area contributed by atoms with E-state index in [0.717, 1.165) is 18.9 Å². The third-order valence-electron chi connectivity index (χ3n) is 4.71. The number of carbonyl (C=O) groups excluding carboxylic acids is 2. The van der Waals surface area contributed by atoms with E-state index >= 15 is 0 Å². The van der Waals surface area contributed by atoms with Crippen molar-refractivity contribution in [2.45, 2.75) is 25.1 Å². The maximum atomic E-state index is 12.9. The molecule has 1 heterocycles. The van der Waals surface area contributed by atoms with Crippen molar-refractivity contribution in [1.29, 1.82) is 0 Å². The zero-order chi connectivity index (χ0) is 20.3. The minimum absolute atomic E-state index is 0.00498. The summed E-state index contributed by atoms with van der Waals surface area (Å²) in [4.78, 5) is 27.7. The van der Waals surface area contributed by atoms with Crippen molar-refractivity contribution in [2.75, 3.05) is 32.7 Å². The minimum Gasteiger partial charge on any atom is -0.352 e. The predicted molar refractivity (Wildman–Crippen MR) is 99.7 cm³/mol. The van der Waals surface area contributed by atoms with E-state index in [0.29, 0.717) is 38.8 Å². The third-order valence-corrected chi connectivity index (χ3v) is 5.04. The van der Waals surface area contributed by atoms with Crippen LogP contribution < -0.4 is 5.32 Å². The molecule has 2 aliphatic rings. The van der Waals surface area contributed by atoms with Gasteiger partial charge < -0.3 is 10.2 Å². The molecular formula is C19H21ClF3N3O2. The molecule has 152 valence electrons. The maximum Gasteiger partial charge on any atom is 0.417 e. The monoisotopic (exact) mass is 415 g/mol. The largest absolute Gasteiger partial charge is 0.417 e. The lowest BCUT2D eigenvalue weighted by atomic mass is 10.1. The second kappa shape index (κ2) is 8.53. The van der Waals surface area contributed by atoms with E-state index in [9.17, 15) is 22.8 Å². The molecule has 3 rings (SSSR count). The summed E-state index contributed by atoms with van der Waals surface area (Å²) in [7, 11) is 0. The van der Waals surface area contributed by atoms with E-state index in [4.69, 9.17) is 11.6 Å². The molecule has 1 saturated carbocycles. The van der Waals surface area contributed by atoms with Crippen LogP contribution >= 0.6 is 11.6 Å². The number of piperazine rings is 1. The molecule has 1 aliphatic carbocycles. The summed E-state index contributed by atoms with van der Waals surface area (Å²) >= 11 is 5.59. The fraction of sp³-hybridized carbons (Fsp3) is 0.474. The molecule has 9 heteroatoms. The van der Waals surface area contributed by atoms with E-state index in [1.807, 2.05) is 4.90 Å². The molecule has 0 bridgehead atoms. The maximum absolute atomic E-state index is 12.9. The number of hydrogen-bond donors (Lipinski definition) is 1. The van der Waals surface area contributed by atoms with Crippen molar-refractivity contribution in [3.05, 3.63) is 40.4 Å². The molecule has 0 atom stereocenters. The molecule has 2 fully saturated rings. The summed E-state index contributed by atoms with van der Waals surface area (Å²) in [5.74, 6) is -0.268. The van der Waals surface area contributed by atoms with Crippen LogP contribution in [0.1, 0.15) is 24.0 Å². The number of amides is 2. The van der Waals surface area contributed by atoms with Gasteiger partial charge in [0.05, 0.1) is 17.1 Å². The molecular weight excluding hydrogens is 395 g/mol. The zero-order valence-corrected chi connectivity index (χ0v) is 15.9. The molecule has 1 saturated heterocycles. The molecule has 0 aromatic heterocycles. The van der Waals surface area contributed by atoms with Gasteiger partial charge in [-0.2, -0.15) is 13.2 Å². The van der Waals surface area contributed by atoms with Crippen LogP contribution in [0.3, 0.4) is 0 Å². The molecule has 0 unspecified atom stereocenters. The van der Waals surface area contributed by atoms with Crippen LogP contribution in [-0.2, 0) is 15.8 Å². The first-order valence-electron chi connectivity index (χ1n) is 9.08. The van der Waals surface area contributed by atoms with Gasteiger partial charge in [-0.3, -0.25) is 14.5 Å². The molecule has 1 aliphatic heterocycles. The summed E-state index contributed by atoms with van der Waals surface area (Å²) in [6.07, 6.45) is 0.145. The van der Waals surface area contributed by atoms with Crippen molar-refractivity contribution < 1.29 is 22.8 Å². The highest BCUT2D eigenvalue weighted by Gasteiger charge is 2.33. The van der Waals surface area contributed by atoms with E-state index in [-0.39, 0.29) is 22.4 Å². The Morgan fingerprint density at radius 2 is 1.86 bits per heavy atom. The Bertz CT molecular complexity index is 770. The van der Waals surface area contributed by atoms with Crippen LogP contribution in [0, 0.1) is 0 Å². The van der Waals surface area contributed by atoms with Crippen molar-refractivity contribution in [1.82, 2.24) is 15.1 Å². The zero-order valence-electron chi connectivity index (χ0n) is 15.1. The summed E-state index contributed by atoms with van der Waals surface area (Å²) in [5, 5.41) is 2.55. The highest BCUT2D eigenvalue weighted by atomic mass is 35.5. The van der Waals surface area contributed by atoms with Crippen molar-refractivity contribution in [3.8, 4) is 0 Å². The normalized spacial score (nSPS) is 18.5. The Morgan fingerprint density at radius 3 is 2.46 bits per heavy atom. The summed E-state index contributed by atoms with van der Waals surface area (Å²) in [6.45, 7) is 2.41. The first-order chi connectivity index (χ1) is 13.2. The number of benzene rings is 1. The highest BCUT2D eigenvalue weighted by Crippen LogP contribution is 2.35.